The van der Waals surface area contributed by atoms with Crippen molar-refractivity contribution < 1.29 is 0 Å². The van der Waals surface area contributed by atoms with E-state index in [1.807, 2.05) is 18.7 Å². The number of rotatable bonds is 4. The van der Waals surface area contributed by atoms with Gasteiger partial charge < -0.3 is 10.6 Å². The van der Waals surface area contributed by atoms with Gasteiger partial charge in [0.2, 0.25) is 0 Å². The number of aromatic nitrogens is 1. The summed E-state index contributed by atoms with van der Waals surface area (Å²) in [6.07, 6.45) is 0. The third-order valence-electron chi connectivity index (χ3n) is 2.36. The molecule has 1 aromatic rings. The van der Waals surface area contributed by atoms with Crippen molar-refractivity contribution in [3.05, 3.63) is 16.1 Å². The molecule has 2 heterocycles. The molecule has 3 nitrogen and oxygen atoms in total. The molecule has 5 heteroatoms. The largest absolute Gasteiger partial charge is 0.311 e. The average Bonchev–Trinajstić information content (AvgIpc) is 2.66. The zero-order valence-electron chi connectivity index (χ0n) is 8.95. The molecule has 1 aliphatic heterocycles. The van der Waals surface area contributed by atoms with Crippen molar-refractivity contribution in [2.75, 3.05) is 24.6 Å². The van der Waals surface area contributed by atoms with Gasteiger partial charge in [-0.05, 0) is 6.92 Å². The second kappa shape index (κ2) is 5.84. The van der Waals surface area contributed by atoms with Gasteiger partial charge in [-0.15, -0.1) is 11.3 Å². The normalized spacial score (nSPS) is 21.8. The maximum absolute atomic E-state index is 4.42. The fraction of sp³-hybridized carbons (Fsp3) is 0.700. The molecule has 1 aliphatic rings. The molecular formula is C10H17N3S2. The molecule has 0 saturated carbocycles. The van der Waals surface area contributed by atoms with Gasteiger partial charge >= 0.3 is 0 Å². The Kier molecular flexibility index (Phi) is 4.43. The maximum Gasteiger partial charge on any atom is 0.0897 e. The molecule has 0 radical (unpaired) electrons. The van der Waals surface area contributed by atoms with E-state index >= 15 is 0 Å². The summed E-state index contributed by atoms with van der Waals surface area (Å²) in [5.74, 6) is 2.48. The summed E-state index contributed by atoms with van der Waals surface area (Å²) in [6, 6.07) is 0.628. The Morgan fingerprint density at radius 2 is 2.60 bits per heavy atom. The van der Waals surface area contributed by atoms with E-state index in [1.165, 1.54) is 17.2 Å². The van der Waals surface area contributed by atoms with E-state index < -0.39 is 0 Å². The van der Waals surface area contributed by atoms with Crippen LogP contribution < -0.4 is 10.6 Å². The van der Waals surface area contributed by atoms with E-state index in [9.17, 15) is 0 Å². The lowest BCUT2D eigenvalue weighted by Crippen LogP contribution is -2.44. The molecule has 0 aromatic carbocycles. The molecule has 0 amide bonds. The predicted octanol–water partition coefficient (Wildman–Crippen LogP) is 1.25. The molecule has 0 aliphatic carbocycles. The Bertz CT molecular complexity index is 295. The molecule has 2 rings (SSSR count). The van der Waals surface area contributed by atoms with Gasteiger partial charge in [-0.1, -0.05) is 0 Å². The van der Waals surface area contributed by atoms with Crippen molar-refractivity contribution in [1.29, 1.82) is 0 Å². The number of thioether (sulfide) groups is 1. The third kappa shape index (κ3) is 3.75. The summed E-state index contributed by atoms with van der Waals surface area (Å²) in [7, 11) is 0. The number of hydrogen-bond donors (Lipinski definition) is 2. The lowest BCUT2D eigenvalue weighted by molar-refractivity contribution is 0.512. The van der Waals surface area contributed by atoms with E-state index in [0.29, 0.717) is 6.04 Å². The van der Waals surface area contributed by atoms with Gasteiger partial charge in [0, 0.05) is 42.6 Å². The van der Waals surface area contributed by atoms with Gasteiger partial charge in [0.25, 0.3) is 0 Å². The fourth-order valence-corrected chi connectivity index (χ4v) is 3.18. The molecule has 1 aromatic heterocycles. The second-order valence-corrected chi connectivity index (χ2v) is 5.93. The minimum atomic E-state index is 0.628. The Hall–Kier alpha value is -0.100. The number of nitrogens with zero attached hydrogens (tertiary/aromatic N) is 1. The average molecular weight is 243 g/mol. The van der Waals surface area contributed by atoms with Crippen LogP contribution in [0.3, 0.4) is 0 Å². The quantitative estimate of drug-likeness (QED) is 0.834. The van der Waals surface area contributed by atoms with Crippen LogP contribution in [0, 0.1) is 6.92 Å². The topological polar surface area (TPSA) is 37.0 Å². The molecule has 1 saturated heterocycles. The first kappa shape index (κ1) is 11.4. The van der Waals surface area contributed by atoms with Crippen LogP contribution in [-0.4, -0.2) is 35.6 Å². The van der Waals surface area contributed by atoms with E-state index in [1.54, 1.807) is 11.3 Å². The molecule has 15 heavy (non-hydrogen) atoms. The first-order chi connectivity index (χ1) is 7.34. The van der Waals surface area contributed by atoms with Gasteiger partial charge in [-0.2, -0.15) is 11.8 Å². The van der Waals surface area contributed by atoms with Crippen molar-refractivity contribution >= 4 is 23.1 Å². The Labute approximate surface area is 99.1 Å². The van der Waals surface area contributed by atoms with Crippen molar-refractivity contribution in [2.24, 2.45) is 0 Å². The van der Waals surface area contributed by atoms with E-state index in [-0.39, 0.29) is 0 Å². The van der Waals surface area contributed by atoms with Crippen LogP contribution >= 0.6 is 23.1 Å². The lowest BCUT2D eigenvalue weighted by atomic mass is 10.3. The SMILES string of the molecule is Cc1nc(CNCC2CSCCN2)cs1. The van der Waals surface area contributed by atoms with Gasteiger partial charge in [0.05, 0.1) is 10.7 Å². The van der Waals surface area contributed by atoms with Crippen LogP contribution in [0.15, 0.2) is 5.38 Å². The number of nitrogens with one attached hydrogen (secondary N) is 2. The zero-order chi connectivity index (χ0) is 10.5. The highest BCUT2D eigenvalue weighted by Gasteiger charge is 2.11. The molecule has 1 atom stereocenters. The van der Waals surface area contributed by atoms with Crippen LogP contribution in [0.4, 0.5) is 0 Å². The van der Waals surface area contributed by atoms with Crippen LogP contribution in [0.5, 0.6) is 0 Å². The minimum Gasteiger partial charge on any atom is -0.311 e. The van der Waals surface area contributed by atoms with E-state index in [2.05, 4.69) is 21.0 Å². The van der Waals surface area contributed by atoms with Gasteiger partial charge in [0.1, 0.15) is 0 Å². The predicted molar refractivity (Wildman–Crippen MR) is 67.7 cm³/mol. The second-order valence-electron chi connectivity index (χ2n) is 3.71. The molecular weight excluding hydrogens is 226 g/mol. The molecule has 84 valence electrons. The van der Waals surface area contributed by atoms with Crippen molar-refractivity contribution in [3.8, 4) is 0 Å². The van der Waals surface area contributed by atoms with Crippen LogP contribution in [-0.2, 0) is 6.54 Å². The van der Waals surface area contributed by atoms with Gasteiger partial charge in [0.15, 0.2) is 0 Å². The zero-order valence-corrected chi connectivity index (χ0v) is 10.6. The Morgan fingerprint density at radius 1 is 1.67 bits per heavy atom. The summed E-state index contributed by atoms with van der Waals surface area (Å²) < 4.78 is 0. The van der Waals surface area contributed by atoms with Crippen molar-refractivity contribution in [2.45, 2.75) is 19.5 Å². The highest BCUT2D eigenvalue weighted by Crippen LogP contribution is 2.08. The molecule has 2 N–H and O–H groups in total. The molecule has 0 bridgehead atoms. The first-order valence-corrected chi connectivity index (χ1v) is 7.31. The Balaban J connectivity index is 1.65. The molecule has 0 spiro atoms. The van der Waals surface area contributed by atoms with E-state index in [4.69, 9.17) is 0 Å². The number of aryl methyl sites for hydroxylation is 1. The lowest BCUT2D eigenvalue weighted by Gasteiger charge is -2.23. The highest BCUT2D eigenvalue weighted by atomic mass is 32.2. The summed E-state index contributed by atoms with van der Waals surface area (Å²) in [5, 5.41) is 10.2. The smallest absolute Gasteiger partial charge is 0.0897 e. The van der Waals surface area contributed by atoms with Crippen molar-refractivity contribution in [1.82, 2.24) is 15.6 Å². The monoisotopic (exact) mass is 243 g/mol. The fourth-order valence-electron chi connectivity index (χ4n) is 1.61. The summed E-state index contributed by atoms with van der Waals surface area (Å²) >= 11 is 3.76. The van der Waals surface area contributed by atoms with Gasteiger partial charge in [-0.25, -0.2) is 4.98 Å². The van der Waals surface area contributed by atoms with Crippen LogP contribution in [0.2, 0.25) is 0 Å². The van der Waals surface area contributed by atoms with Crippen LogP contribution in [0.1, 0.15) is 10.7 Å². The number of hydrogen-bond acceptors (Lipinski definition) is 5. The minimum absolute atomic E-state index is 0.628. The van der Waals surface area contributed by atoms with Crippen LogP contribution in [0.25, 0.3) is 0 Å². The highest BCUT2D eigenvalue weighted by molar-refractivity contribution is 7.99. The third-order valence-corrected chi connectivity index (χ3v) is 4.32. The maximum atomic E-state index is 4.42. The Morgan fingerprint density at radius 3 is 3.27 bits per heavy atom. The first-order valence-electron chi connectivity index (χ1n) is 5.27. The summed E-state index contributed by atoms with van der Waals surface area (Å²) in [6.45, 7) is 5.14. The standard InChI is InChI=1S/C10H17N3S2/c1-8-13-10(7-15-8)5-11-4-9-6-14-3-2-12-9/h7,9,11-12H,2-6H2,1H3. The van der Waals surface area contributed by atoms with Crippen molar-refractivity contribution in [3.63, 3.8) is 0 Å². The van der Waals surface area contributed by atoms with E-state index in [0.717, 1.165) is 24.6 Å². The summed E-state index contributed by atoms with van der Waals surface area (Å²) in [5.41, 5.74) is 1.17. The summed E-state index contributed by atoms with van der Waals surface area (Å²) in [4.78, 5) is 4.42. The molecule has 1 fully saturated rings. The molecule has 1 unspecified atom stereocenters. The number of thiazole rings is 1. The van der Waals surface area contributed by atoms with Gasteiger partial charge in [-0.3, -0.25) is 0 Å².